The van der Waals surface area contributed by atoms with Gasteiger partial charge < -0.3 is 14.5 Å². The Morgan fingerprint density at radius 3 is 3.00 bits per heavy atom. The molecule has 3 nitrogen and oxygen atoms in total. The lowest BCUT2D eigenvalue weighted by Gasteiger charge is -2.03. The van der Waals surface area contributed by atoms with Crippen molar-refractivity contribution in [2.45, 2.75) is 13.8 Å². The van der Waals surface area contributed by atoms with Crippen molar-refractivity contribution in [3.8, 4) is 0 Å². The van der Waals surface area contributed by atoms with Crippen molar-refractivity contribution in [2.75, 3.05) is 26.8 Å². The van der Waals surface area contributed by atoms with Gasteiger partial charge in [-0.05, 0) is 31.6 Å². The maximum atomic E-state index is 5.33. The van der Waals surface area contributed by atoms with Gasteiger partial charge in [0.15, 0.2) is 0 Å². The van der Waals surface area contributed by atoms with E-state index >= 15 is 0 Å². The van der Waals surface area contributed by atoms with E-state index in [0.29, 0.717) is 0 Å². The number of methoxy groups -OCH3 is 1. The Labute approximate surface area is 91.1 Å². The van der Waals surface area contributed by atoms with Gasteiger partial charge in [-0.3, -0.25) is 0 Å². The minimum atomic E-state index is 0.743. The molecule has 0 unspecified atom stereocenters. The smallest absolute Gasteiger partial charge is 0.129 e. The molecule has 84 valence electrons. The number of nitrogens with one attached hydrogen (secondary N) is 1. The minimum absolute atomic E-state index is 0.743. The molecular weight excluding hydrogens is 190 g/mol. The minimum Gasteiger partial charge on any atom is -0.465 e. The first kappa shape index (κ1) is 12.0. The topological polar surface area (TPSA) is 34.4 Å². The summed E-state index contributed by atoms with van der Waals surface area (Å²) in [6, 6.07) is 1.97. The monoisotopic (exact) mass is 209 g/mol. The Kier molecular flexibility index (Phi) is 5.15. The number of ether oxygens (including phenoxy) is 1. The van der Waals surface area contributed by atoms with Crippen molar-refractivity contribution < 1.29 is 9.15 Å². The number of rotatable bonds is 6. The molecule has 0 bridgehead atoms. The van der Waals surface area contributed by atoms with Gasteiger partial charge in [0.05, 0.1) is 12.9 Å². The van der Waals surface area contributed by atoms with Gasteiger partial charge in [-0.2, -0.15) is 0 Å². The van der Waals surface area contributed by atoms with Gasteiger partial charge in [-0.15, -0.1) is 0 Å². The van der Waals surface area contributed by atoms with Crippen molar-refractivity contribution in [3.63, 3.8) is 0 Å². The molecule has 0 spiro atoms. The van der Waals surface area contributed by atoms with Gasteiger partial charge >= 0.3 is 0 Å². The highest BCUT2D eigenvalue weighted by Gasteiger charge is 1.98. The van der Waals surface area contributed by atoms with Crippen molar-refractivity contribution in [3.05, 3.63) is 29.2 Å². The Morgan fingerprint density at radius 1 is 1.60 bits per heavy atom. The first-order valence-electron chi connectivity index (χ1n) is 5.15. The Bertz CT molecular complexity index is 315. The molecule has 3 heteroatoms. The van der Waals surface area contributed by atoms with Gasteiger partial charge in [0.2, 0.25) is 0 Å². The number of hydrogen-bond donors (Lipinski definition) is 1. The fourth-order valence-electron chi connectivity index (χ4n) is 1.27. The molecule has 0 aliphatic carbocycles. The predicted octanol–water partition coefficient (Wildman–Crippen LogP) is 2.23. The van der Waals surface area contributed by atoms with E-state index in [2.05, 4.69) is 18.3 Å². The maximum absolute atomic E-state index is 5.33. The van der Waals surface area contributed by atoms with Crippen LogP contribution in [0.5, 0.6) is 0 Å². The van der Waals surface area contributed by atoms with Crippen LogP contribution in [0, 0.1) is 6.92 Å². The molecule has 0 aromatic carbocycles. The largest absolute Gasteiger partial charge is 0.465 e. The molecule has 0 saturated carbocycles. The van der Waals surface area contributed by atoms with Crippen molar-refractivity contribution in [2.24, 2.45) is 0 Å². The van der Waals surface area contributed by atoms with Crippen LogP contribution in [0.15, 0.2) is 22.3 Å². The first-order chi connectivity index (χ1) is 7.24. The summed E-state index contributed by atoms with van der Waals surface area (Å²) in [5.41, 5.74) is 2.43. The van der Waals surface area contributed by atoms with Crippen molar-refractivity contribution in [1.29, 1.82) is 0 Å². The maximum Gasteiger partial charge on any atom is 0.129 e. The van der Waals surface area contributed by atoms with Crippen LogP contribution < -0.4 is 5.32 Å². The zero-order valence-electron chi connectivity index (χ0n) is 9.67. The lowest BCUT2D eigenvalue weighted by atomic mass is 10.2. The van der Waals surface area contributed by atoms with Crippen LogP contribution in [0.4, 0.5) is 0 Å². The third kappa shape index (κ3) is 4.32. The van der Waals surface area contributed by atoms with E-state index in [1.54, 1.807) is 13.4 Å². The van der Waals surface area contributed by atoms with E-state index in [0.717, 1.165) is 25.5 Å². The highest BCUT2D eigenvalue weighted by atomic mass is 16.5. The molecular formula is C12H19NO2. The standard InChI is InChI=1S/C12H19NO2/c1-10(9-13-5-7-14-3)8-12-11(2)4-6-15-12/h4,6,8,13H,5,7,9H2,1-3H3/b10-8+. The lowest BCUT2D eigenvalue weighted by molar-refractivity contribution is 0.200. The molecule has 0 saturated heterocycles. The molecule has 0 atom stereocenters. The summed E-state index contributed by atoms with van der Waals surface area (Å²) in [5.74, 6) is 0.945. The second-order valence-electron chi connectivity index (χ2n) is 3.63. The normalized spacial score (nSPS) is 12.1. The van der Waals surface area contributed by atoms with Crippen LogP contribution in [0.25, 0.3) is 6.08 Å². The van der Waals surface area contributed by atoms with Crippen LogP contribution in [-0.2, 0) is 4.74 Å². The third-order valence-electron chi connectivity index (χ3n) is 2.17. The molecule has 0 radical (unpaired) electrons. The summed E-state index contributed by atoms with van der Waals surface area (Å²) in [5, 5.41) is 3.28. The van der Waals surface area contributed by atoms with Gasteiger partial charge in [-0.25, -0.2) is 0 Å². The Hall–Kier alpha value is -1.06. The van der Waals surface area contributed by atoms with Crippen molar-refractivity contribution >= 4 is 6.08 Å². The molecule has 0 aliphatic heterocycles. The first-order valence-corrected chi connectivity index (χ1v) is 5.15. The SMILES string of the molecule is COCCNC/C(C)=C/c1occc1C. The average Bonchev–Trinajstić information content (AvgIpc) is 2.59. The fourth-order valence-corrected chi connectivity index (χ4v) is 1.27. The molecule has 1 rings (SSSR count). The molecule has 0 aliphatic rings. The quantitative estimate of drug-likeness (QED) is 0.729. The predicted molar refractivity (Wildman–Crippen MR) is 61.8 cm³/mol. The molecule has 1 heterocycles. The zero-order valence-corrected chi connectivity index (χ0v) is 9.67. The summed E-state index contributed by atoms with van der Waals surface area (Å²) in [6.45, 7) is 6.61. The fraction of sp³-hybridized carbons (Fsp3) is 0.500. The van der Waals surface area contributed by atoms with Crippen LogP contribution in [0.1, 0.15) is 18.2 Å². The van der Waals surface area contributed by atoms with Crippen LogP contribution >= 0.6 is 0 Å². The van der Waals surface area contributed by atoms with Gasteiger partial charge in [0, 0.05) is 20.2 Å². The average molecular weight is 209 g/mol. The van der Waals surface area contributed by atoms with E-state index in [1.165, 1.54) is 11.1 Å². The van der Waals surface area contributed by atoms with Crippen molar-refractivity contribution in [1.82, 2.24) is 5.32 Å². The van der Waals surface area contributed by atoms with E-state index in [9.17, 15) is 0 Å². The van der Waals surface area contributed by atoms with E-state index in [-0.39, 0.29) is 0 Å². The summed E-state index contributed by atoms with van der Waals surface area (Å²) in [7, 11) is 1.70. The molecule has 0 fully saturated rings. The van der Waals surface area contributed by atoms with Crippen LogP contribution in [0.2, 0.25) is 0 Å². The summed E-state index contributed by atoms with van der Waals surface area (Å²) in [4.78, 5) is 0. The number of aryl methyl sites for hydroxylation is 1. The molecule has 0 amide bonds. The molecule has 1 aromatic rings. The van der Waals surface area contributed by atoms with Gasteiger partial charge in [0.1, 0.15) is 5.76 Å². The number of hydrogen-bond acceptors (Lipinski definition) is 3. The third-order valence-corrected chi connectivity index (χ3v) is 2.17. The van der Waals surface area contributed by atoms with Crippen LogP contribution in [-0.4, -0.2) is 26.8 Å². The summed E-state index contributed by atoms with van der Waals surface area (Å²) in [6.07, 6.45) is 3.78. The lowest BCUT2D eigenvalue weighted by Crippen LogP contribution is -2.20. The molecule has 15 heavy (non-hydrogen) atoms. The van der Waals surface area contributed by atoms with Gasteiger partial charge in [-0.1, -0.05) is 5.57 Å². The van der Waals surface area contributed by atoms with Gasteiger partial charge in [0.25, 0.3) is 0 Å². The molecule has 1 aromatic heterocycles. The second-order valence-corrected chi connectivity index (χ2v) is 3.63. The Morgan fingerprint density at radius 2 is 2.40 bits per heavy atom. The van der Waals surface area contributed by atoms with Crippen LogP contribution in [0.3, 0.4) is 0 Å². The highest BCUT2D eigenvalue weighted by molar-refractivity contribution is 5.50. The Balaban J connectivity index is 2.36. The molecule has 1 N–H and O–H groups in total. The zero-order chi connectivity index (χ0) is 11.1. The van der Waals surface area contributed by atoms with E-state index in [4.69, 9.17) is 9.15 Å². The number of furan rings is 1. The van der Waals surface area contributed by atoms with E-state index in [1.807, 2.05) is 13.0 Å². The summed E-state index contributed by atoms with van der Waals surface area (Å²) < 4.78 is 10.3. The second kappa shape index (κ2) is 6.43. The highest BCUT2D eigenvalue weighted by Crippen LogP contribution is 2.12. The van der Waals surface area contributed by atoms with E-state index < -0.39 is 0 Å². The summed E-state index contributed by atoms with van der Waals surface area (Å²) >= 11 is 0.